The number of aliphatic imine (C=N–C) groups is 2. The quantitative estimate of drug-likeness (QED) is 0.0321. The smallest absolute Gasteiger partial charge is 0.395 e. The molecule has 1 radical (unpaired) electrons. The van der Waals surface area contributed by atoms with E-state index in [0.29, 0.717) is 11.4 Å². The zero-order chi connectivity index (χ0) is 46.9. The van der Waals surface area contributed by atoms with E-state index in [9.17, 15) is 45.1 Å². The number of nitrogens with zero attached hydrogens (tertiary/aromatic N) is 10. The molecule has 2 atom stereocenters. The summed E-state index contributed by atoms with van der Waals surface area (Å²) in [4.78, 5) is 78.5. The summed E-state index contributed by atoms with van der Waals surface area (Å²) in [6.45, 7) is 2.86. The molecule has 38 heteroatoms. The Morgan fingerprint density at radius 3 is 1.26 bits per heavy atom. The van der Waals surface area contributed by atoms with E-state index < -0.39 is 76.9 Å². The second-order valence-corrected chi connectivity index (χ2v) is 16.0. The summed E-state index contributed by atoms with van der Waals surface area (Å²) in [6, 6.07) is -1.85. The van der Waals surface area contributed by atoms with Gasteiger partial charge in [0.15, 0.2) is 0 Å². The number of anilines is 2. The van der Waals surface area contributed by atoms with Crippen LogP contribution in [0.1, 0.15) is 13.8 Å². The Balaban J connectivity index is 0.000000642. The van der Waals surface area contributed by atoms with Crippen molar-refractivity contribution in [1.82, 2.24) is 62.5 Å². The van der Waals surface area contributed by atoms with Crippen LogP contribution < -0.4 is 132 Å². The average Bonchev–Trinajstić information content (AvgIpc) is 3.72. The van der Waals surface area contributed by atoms with Crippen LogP contribution in [0, 0.1) is 0 Å². The molecule has 12 N–H and O–H groups in total. The molecular formula is C30H32Cl2CoN18Na3O12S2+3. The first-order chi connectivity index (χ1) is 30.2. The number of hydrogen-bond acceptors (Lipinski definition) is 26. The molecular weight excluding hydrogens is 1070 g/mol. The fraction of sp³-hybridized carbons (Fsp3) is 0.267. The van der Waals surface area contributed by atoms with Gasteiger partial charge in [0.1, 0.15) is 34.9 Å². The molecule has 0 aromatic carbocycles. The number of nitrogens with one attached hydrogen (secondary N) is 8. The summed E-state index contributed by atoms with van der Waals surface area (Å²) < 4.78 is 65.6. The van der Waals surface area contributed by atoms with E-state index in [-0.39, 0.29) is 178 Å². The Hall–Kier alpha value is -3.11. The van der Waals surface area contributed by atoms with Gasteiger partial charge in [-0.05, 0) is 61.4 Å². The average molecular weight is 1100 g/mol. The van der Waals surface area contributed by atoms with E-state index in [2.05, 4.69) is 93.3 Å². The zero-order valence-electron chi connectivity index (χ0n) is 35.7. The first-order valence-corrected chi connectivity index (χ1v) is 21.1. The molecule has 6 rings (SSSR count). The van der Waals surface area contributed by atoms with Gasteiger partial charge in [-0.15, -0.1) is 0 Å². The Bertz CT molecular complexity index is 2600. The number of carbonyl (C=O) groups is 4. The summed E-state index contributed by atoms with van der Waals surface area (Å²) >= 11 is 11.6. The summed E-state index contributed by atoms with van der Waals surface area (Å²) in [6.07, 6.45) is 3.35. The molecule has 2 amide bonds. The van der Waals surface area contributed by atoms with E-state index in [1.165, 1.54) is 0 Å². The van der Waals surface area contributed by atoms with Crippen LogP contribution in [0.2, 0.25) is 10.6 Å². The van der Waals surface area contributed by atoms with E-state index in [0.717, 1.165) is 24.3 Å². The van der Waals surface area contributed by atoms with Gasteiger partial charge in [-0.1, -0.05) is 0 Å². The number of aliphatic hydroxyl groups is 2. The van der Waals surface area contributed by atoms with Crippen molar-refractivity contribution in [2.45, 2.75) is 25.9 Å². The summed E-state index contributed by atoms with van der Waals surface area (Å²) in [5.74, 6) is -3.38. The minimum Gasteiger partial charge on any atom is -0.395 e. The third-order valence-electron chi connectivity index (χ3n) is 7.85. The van der Waals surface area contributed by atoms with Gasteiger partial charge >= 0.3 is 88.7 Å². The minimum absolute atomic E-state index is 0. The van der Waals surface area contributed by atoms with Gasteiger partial charge in [0.2, 0.25) is 34.0 Å². The standard InChI is InChI=1S/2C15H16ClN9O6S.Co.3Na/c2*1-6-10(12(28)25-22-6)24-23-9-5-7(32(29,30)31)4-8(11(9)27)18-15-20-13(16)19-14(21-15)17-2-3-26;;;;/h2*4-5,10,23-24,26H,2-3H2,1H3,(H,25,28)(H,29,30,31)(H,17,19,20,21);;;;/q;;;3*+1. The number of hydrazone groups is 2. The van der Waals surface area contributed by atoms with Crippen LogP contribution in [0.4, 0.5) is 23.8 Å². The maximum Gasteiger partial charge on any atom is 1.00 e. The molecule has 0 bridgehead atoms. The second kappa shape index (κ2) is 28.1. The Morgan fingerprint density at radius 1 is 0.618 bits per heavy atom. The maximum absolute atomic E-state index is 12.8. The fourth-order valence-corrected chi connectivity index (χ4v) is 6.24. The molecule has 30 nitrogen and oxygen atoms in total. The zero-order valence-corrected chi connectivity index (χ0v) is 45.9. The van der Waals surface area contributed by atoms with Crippen molar-refractivity contribution in [2.75, 3.05) is 36.9 Å². The molecule has 0 saturated heterocycles. The van der Waals surface area contributed by atoms with Gasteiger partial charge in [-0.2, -0.15) is 56.9 Å². The molecule has 4 aliphatic rings. The number of amides is 2. The van der Waals surface area contributed by atoms with Crippen LogP contribution in [0.15, 0.2) is 65.7 Å². The van der Waals surface area contributed by atoms with E-state index in [4.69, 9.17) is 33.4 Å². The summed E-state index contributed by atoms with van der Waals surface area (Å²) in [5, 5.41) is 29.9. The van der Waals surface area contributed by atoms with E-state index in [1.807, 2.05) is 0 Å². The molecule has 4 heterocycles. The van der Waals surface area contributed by atoms with Crippen molar-refractivity contribution < 1.29 is 161 Å². The number of hydrogen-bond donors (Lipinski definition) is 12. The van der Waals surface area contributed by atoms with Gasteiger partial charge in [0.25, 0.3) is 43.9 Å². The van der Waals surface area contributed by atoms with Crippen LogP contribution >= 0.6 is 23.2 Å². The Morgan fingerprint density at radius 2 is 0.971 bits per heavy atom. The first-order valence-electron chi connectivity index (χ1n) is 17.5. The van der Waals surface area contributed by atoms with Crippen molar-refractivity contribution in [3.63, 3.8) is 0 Å². The molecule has 0 saturated carbocycles. The SMILES string of the molecule is CC1=NNC(=O)C1NNC1=CC(S(=O)(=O)O)=CC(=Nc2nc(Cl)nc(NCCO)n2)C1=O.CC1=NNC(=O)C1NNC1=CC(S(=O)(=O)O)=CC(=Nc2nc(Cl)nc(NCCO)n2)C1=O.[Co].[Na+].[Na+].[Na+]. The fourth-order valence-electron chi connectivity index (χ4n) is 4.88. The van der Waals surface area contributed by atoms with Crippen molar-refractivity contribution in [2.24, 2.45) is 20.2 Å². The number of allylic oxidation sites excluding steroid dienone is 6. The Kier molecular flexibility index (Phi) is 26.0. The number of aliphatic hydroxyl groups excluding tert-OH is 2. The molecule has 349 valence electrons. The van der Waals surface area contributed by atoms with Crippen LogP contribution in [-0.2, 0) is 56.2 Å². The normalized spacial score (nSPS) is 18.8. The Labute approximate surface area is 470 Å². The van der Waals surface area contributed by atoms with Crippen LogP contribution in [-0.4, -0.2) is 151 Å². The van der Waals surface area contributed by atoms with Crippen molar-refractivity contribution in [1.29, 1.82) is 0 Å². The van der Waals surface area contributed by atoms with Crippen LogP contribution in [0.5, 0.6) is 0 Å². The molecule has 2 aliphatic heterocycles. The number of hydrazine groups is 2. The number of aromatic nitrogens is 6. The van der Waals surface area contributed by atoms with Crippen molar-refractivity contribution >= 4 is 113 Å². The van der Waals surface area contributed by atoms with Crippen molar-refractivity contribution in [3.8, 4) is 0 Å². The first kappa shape index (κ1) is 62.9. The van der Waals surface area contributed by atoms with Gasteiger partial charge in [0.05, 0.1) is 34.4 Å². The monoisotopic (exact) mass is 1100 g/mol. The number of carbonyl (C=O) groups excluding carboxylic acids is 4. The number of Topliss-reactive ketones (excluding diaryl/α,β-unsaturated/α-hetero) is 2. The maximum atomic E-state index is 12.8. The topological polar surface area (TPSA) is 440 Å². The van der Waals surface area contributed by atoms with E-state index >= 15 is 0 Å². The molecule has 0 spiro atoms. The molecule has 2 aromatic rings. The third kappa shape index (κ3) is 17.6. The molecule has 2 aromatic heterocycles. The van der Waals surface area contributed by atoms with E-state index in [1.54, 1.807) is 13.8 Å². The predicted octanol–water partition coefficient (Wildman–Crippen LogP) is -12.6. The van der Waals surface area contributed by atoms with Gasteiger partial charge in [0, 0.05) is 29.9 Å². The molecule has 2 unspecified atom stereocenters. The van der Waals surface area contributed by atoms with Gasteiger partial charge in [-0.25, -0.2) is 31.7 Å². The molecule has 0 fully saturated rings. The second-order valence-electron chi connectivity index (χ2n) is 12.4. The third-order valence-corrected chi connectivity index (χ3v) is 9.85. The van der Waals surface area contributed by atoms with Gasteiger partial charge in [-0.3, -0.25) is 28.3 Å². The van der Waals surface area contributed by atoms with Gasteiger partial charge < -0.3 is 31.7 Å². The predicted molar refractivity (Wildman–Crippen MR) is 223 cm³/mol. The summed E-state index contributed by atoms with van der Waals surface area (Å²) in [7, 11) is -9.47. The van der Waals surface area contributed by atoms with Crippen molar-refractivity contribution in [3.05, 3.63) is 56.1 Å². The largest absolute Gasteiger partial charge is 1.00 e. The minimum atomic E-state index is -4.73. The summed E-state index contributed by atoms with van der Waals surface area (Å²) in [5.41, 5.74) is 13.6. The van der Waals surface area contributed by atoms with Crippen LogP contribution in [0.3, 0.4) is 0 Å². The van der Waals surface area contributed by atoms with Crippen LogP contribution in [0.25, 0.3) is 0 Å². The molecule has 68 heavy (non-hydrogen) atoms. The number of rotatable bonds is 16. The number of halogens is 2. The number of ketones is 2. The molecule has 2 aliphatic carbocycles.